The minimum atomic E-state index is -0.669. The van der Waals surface area contributed by atoms with E-state index in [-0.39, 0.29) is 22.9 Å². The van der Waals surface area contributed by atoms with Crippen LogP contribution in [0.3, 0.4) is 0 Å². The van der Waals surface area contributed by atoms with E-state index in [0.717, 1.165) is 11.3 Å². The maximum atomic E-state index is 11.5. The summed E-state index contributed by atoms with van der Waals surface area (Å²) in [7, 11) is 1.36. The molecule has 0 aliphatic carbocycles. The van der Waals surface area contributed by atoms with Gasteiger partial charge in [-0.2, -0.15) is 10.4 Å². The molecule has 1 unspecified atom stereocenters. The quantitative estimate of drug-likeness (QED) is 0.507. The van der Waals surface area contributed by atoms with Crippen LogP contribution < -0.4 is 15.2 Å². The Bertz CT molecular complexity index is 1270. The van der Waals surface area contributed by atoms with Gasteiger partial charge in [-0.05, 0) is 37.6 Å². The van der Waals surface area contributed by atoms with Crippen LogP contribution in [0.1, 0.15) is 28.3 Å². The number of benzene rings is 2. The van der Waals surface area contributed by atoms with Gasteiger partial charge < -0.3 is 15.2 Å². The summed E-state index contributed by atoms with van der Waals surface area (Å²) in [5.41, 5.74) is 9.70. The molecule has 0 saturated heterocycles. The summed E-state index contributed by atoms with van der Waals surface area (Å²) in [5, 5.41) is 25.9. The van der Waals surface area contributed by atoms with Crippen molar-refractivity contribution in [1.29, 1.82) is 5.26 Å². The van der Waals surface area contributed by atoms with Gasteiger partial charge in [0, 0.05) is 6.07 Å². The maximum absolute atomic E-state index is 11.5. The molecule has 2 aromatic carbocycles. The fourth-order valence-corrected chi connectivity index (χ4v) is 3.74. The van der Waals surface area contributed by atoms with E-state index in [0.29, 0.717) is 22.7 Å². The average Bonchev–Trinajstić information content (AvgIpc) is 3.08. The summed E-state index contributed by atoms with van der Waals surface area (Å²) in [5.74, 6) is -0.228. The Labute approximate surface area is 178 Å². The second kappa shape index (κ2) is 7.50. The lowest BCUT2D eigenvalue weighted by atomic mass is 9.84. The number of hydrogen-bond donors (Lipinski definition) is 1. The molecular formula is C22H19N5O4. The first-order chi connectivity index (χ1) is 14.8. The number of allylic oxidation sites excluding steroid dienone is 1. The molecule has 9 nitrogen and oxygen atoms in total. The van der Waals surface area contributed by atoms with Gasteiger partial charge in [0.05, 0.1) is 34.9 Å². The Hall–Kier alpha value is -4.32. The summed E-state index contributed by atoms with van der Waals surface area (Å²) in [4.78, 5) is 11.0. The summed E-state index contributed by atoms with van der Waals surface area (Å²) in [6, 6.07) is 14.4. The van der Waals surface area contributed by atoms with E-state index in [2.05, 4.69) is 11.2 Å². The van der Waals surface area contributed by atoms with Gasteiger partial charge in [-0.3, -0.25) is 10.1 Å². The van der Waals surface area contributed by atoms with Crippen LogP contribution in [0.25, 0.3) is 5.69 Å². The normalized spacial score (nSPS) is 15.1. The monoisotopic (exact) mass is 417 g/mol. The van der Waals surface area contributed by atoms with E-state index in [1.807, 2.05) is 31.2 Å². The molecule has 0 bridgehead atoms. The Morgan fingerprint density at radius 1 is 1.26 bits per heavy atom. The van der Waals surface area contributed by atoms with Gasteiger partial charge in [0.15, 0.2) is 5.75 Å². The molecule has 2 N–H and O–H groups in total. The number of rotatable bonds is 4. The largest absolute Gasteiger partial charge is 0.490 e. The van der Waals surface area contributed by atoms with E-state index in [1.165, 1.54) is 19.2 Å². The van der Waals surface area contributed by atoms with Crippen LogP contribution in [0.4, 0.5) is 5.69 Å². The summed E-state index contributed by atoms with van der Waals surface area (Å²) in [6.45, 7) is 3.78. The number of hydrogen-bond acceptors (Lipinski definition) is 7. The molecule has 4 rings (SSSR count). The van der Waals surface area contributed by atoms with Gasteiger partial charge in [0.1, 0.15) is 11.6 Å². The predicted octanol–water partition coefficient (Wildman–Crippen LogP) is 3.62. The third-order valence-corrected chi connectivity index (χ3v) is 5.24. The van der Waals surface area contributed by atoms with E-state index < -0.39 is 10.8 Å². The van der Waals surface area contributed by atoms with Crippen LogP contribution in [0.2, 0.25) is 0 Å². The van der Waals surface area contributed by atoms with Crippen molar-refractivity contribution < 1.29 is 14.4 Å². The fourth-order valence-electron chi connectivity index (χ4n) is 3.74. The standard InChI is InChI=1S/C22H19N5O4/c1-12-4-7-15(8-5-12)26-22-19(13(2)25-26)20(16(11-23)21(24)31-22)14-6-9-18(30-3)17(10-14)27(28)29/h4-10,20H,24H2,1-3H3. The molecule has 31 heavy (non-hydrogen) atoms. The smallest absolute Gasteiger partial charge is 0.311 e. The Morgan fingerprint density at radius 2 is 1.97 bits per heavy atom. The highest BCUT2D eigenvalue weighted by Crippen LogP contribution is 2.46. The van der Waals surface area contributed by atoms with Crippen molar-refractivity contribution in [2.24, 2.45) is 5.73 Å². The van der Waals surface area contributed by atoms with E-state index in [4.69, 9.17) is 15.2 Å². The van der Waals surface area contributed by atoms with Crippen LogP contribution >= 0.6 is 0 Å². The van der Waals surface area contributed by atoms with Crippen LogP contribution in [-0.2, 0) is 0 Å². The Kier molecular flexibility index (Phi) is 4.83. The molecule has 3 aromatic rings. The third kappa shape index (κ3) is 3.24. The SMILES string of the molecule is COc1ccc(C2C(C#N)=C(N)Oc3c2c(C)nn3-c2ccc(C)cc2)cc1[N+](=O)[O-]. The Morgan fingerprint density at radius 3 is 2.58 bits per heavy atom. The molecule has 1 aromatic heterocycles. The zero-order valence-electron chi connectivity index (χ0n) is 17.1. The zero-order chi connectivity index (χ0) is 22.3. The molecule has 0 saturated carbocycles. The first kappa shape index (κ1) is 20.0. The van der Waals surface area contributed by atoms with Crippen molar-refractivity contribution in [3.05, 3.63) is 86.4 Å². The first-order valence-corrected chi connectivity index (χ1v) is 9.42. The molecule has 0 amide bonds. The maximum Gasteiger partial charge on any atom is 0.311 e. The molecule has 156 valence electrons. The lowest BCUT2D eigenvalue weighted by Gasteiger charge is -2.25. The predicted molar refractivity (Wildman–Crippen MR) is 112 cm³/mol. The van der Waals surface area contributed by atoms with Crippen molar-refractivity contribution in [2.75, 3.05) is 7.11 Å². The third-order valence-electron chi connectivity index (χ3n) is 5.24. The van der Waals surface area contributed by atoms with Crippen molar-refractivity contribution in [1.82, 2.24) is 9.78 Å². The molecule has 0 radical (unpaired) electrons. The van der Waals surface area contributed by atoms with Crippen molar-refractivity contribution in [3.8, 4) is 23.4 Å². The van der Waals surface area contributed by atoms with Crippen LogP contribution in [0, 0.1) is 35.3 Å². The van der Waals surface area contributed by atoms with Crippen LogP contribution in [0.5, 0.6) is 11.6 Å². The van der Waals surface area contributed by atoms with Gasteiger partial charge in [-0.15, -0.1) is 0 Å². The van der Waals surface area contributed by atoms with Crippen molar-refractivity contribution in [3.63, 3.8) is 0 Å². The van der Waals surface area contributed by atoms with Crippen molar-refractivity contribution >= 4 is 5.69 Å². The minimum absolute atomic E-state index is 0.0632. The second-order valence-electron chi connectivity index (χ2n) is 7.16. The number of fused-ring (bicyclic) bond motifs is 1. The first-order valence-electron chi connectivity index (χ1n) is 9.42. The van der Waals surface area contributed by atoms with Gasteiger partial charge in [0.2, 0.25) is 11.8 Å². The van der Waals surface area contributed by atoms with Gasteiger partial charge in [-0.1, -0.05) is 23.8 Å². The lowest BCUT2D eigenvalue weighted by Crippen LogP contribution is -2.22. The average molecular weight is 417 g/mol. The second-order valence-corrected chi connectivity index (χ2v) is 7.16. The molecule has 2 heterocycles. The van der Waals surface area contributed by atoms with Gasteiger partial charge >= 0.3 is 5.69 Å². The summed E-state index contributed by atoms with van der Waals surface area (Å²) in [6.07, 6.45) is 0. The van der Waals surface area contributed by atoms with Crippen LogP contribution in [0.15, 0.2) is 53.9 Å². The van der Waals surface area contributed by atoms with Crippen molar-refractivity contribution in [2.45, 2.75) is 19.8 Å². The number of nitro groups is 1. The highest BCUT2D eigenvalue weighted by Gasteiger charge is 2.37. The number of nitrogens with zero attached hydrogens (tertiary/aromatic N) is 4. The van der Waals surface area contributed by atoms with Gasteiger partial charge in [0.25, 0.3) is 0 Å². The number of ether oxygens (including phenoxy) is 2. The highest BCUT2D eigenvalue weighted by atomic mass is 16.6. The lowest BCUT2D eigenvalue weighted by molar-refractivity contribution is -0.385. The molecule has 0 spiro atoms. The van der Waals surface area contributed by atoms with Crippen LogP contribution in [-0.4, -0.2) is 21.8 Å². The summed E-state index contributed by atoms with van der Waals surface area (Å²) >= 11 is 0. The molecule has 9 heteroatoms. The minimum Gasteiger partial charge on any atom is -0.490 e. The topological polar surface area (TPSA) is 129 Å². The number of nitriles is 1. The molecule has 0 fully saturated rings. The molecule has 1 aliphatic heterocycles. The van der Waals surface area contributed by atoms with E-state index >= 15 is 0 Å². The zero-order valence-corrected chi connectivity index (χ0v) is 17.1. The number of nitro benzene ring substituents is 1. The Balaban J connectivity index is 1.95. The van der Waals surface area contributed by atoms with Gasteiger partial charge in [-0.25, -0.2) is 4.68 Å². The highest BCUT2D eigenvalue weighted by molar-refractivity contribution is 5.60. The number of nitrogens with two attached hydrogens (primary N) is 1. The van der Waals surface area contributed by atoms with E-state index in [9.17, 15) is 15.4 Å². The van der Waals surface area contributed by atoms with E-state index in [1.54, 1.807) is 17.7 Å². The number of aromatic nitrogens is 2. The molecule has 1 atom stereocenters. The number of methoxy groups -OCH3 is 1. The fraction of sp³-hybridized carbons (Fsp3) is 0.182. The number of aryl methyl sites for hydroxylation is 2. The molecule has 1 aliphatic rings. The summed E-state index contributed by atoms with van der Waals surface area (Å²) < 4.78 is 12.5. The molecular weight excluding hydrogens is 398 g/mol.